The molecule has 1 aliphatic rings. The van der Waals surface area contributed by atoms with Crippen molar-refractivity contribution in [2.24, 2.45) is 0 Å². The van der Waals surface area contributed by atoms with Crippen molar-refractivity contribution in [1.82, 2.24) is 0 Å². The Kier molecular flexibility index (Phi) is 1.77. The van der Waals surface area contributed by atoms with Crippen molar-refractivity contribution in [2.75, 3.05) is 23.3 Å². The molecule has 64 valence electrons. The lowest BCUT2D eigenvalue weighted by Gasteiger charge is -2.26. The van der Waals surface area contributed by atoms with Crippen molar-refractivity contribution in [3.8, 4) is 0 Å². The third-order valence-corrected chi connectivity index (χ3v) is 2.69. The van der Waals surface area contributed by atoms with E-state index in [1.54, 1.807) is 18.3 Å². The molecule has 0 bridgehead atoms. The van der Waals surface area contributed by atoms with Gasteiger partial charge in [0.05, 0.1) is 11.4 Å². The highest BCUT2D eigenvalue weighted by Gasteiger charge is 2.19. The Balaban J connectivity index is 2.37. The van der Waals surface area contributed by atoms with Crippen LogP contribution in [0.25, 0.3) is 0 Å². The number of amides is 1. The Morgan fingerprint density at radius 2 is 2.50 bits per heavy atom. The fourth-order valence-electron chi connectivity index (χ4n) is 1.38. The fraction of sp³-hybridized carbons (Fsp3) is 0.375. The maximum Gasteiger partial charge on any atom is 0.224 e. The van der Waals surface area contributed by atoms with E-state index in [2.05, 4.69) is 5.32 Å². The monoisotopic (exact) mass is 182 g/mol. The fourth-order valence-corrected chi connectivity index (χ4v) is 2.17. The molecule has 1 amide bonds. The van der Waals surface area contributed by atoms with Gasteiger partial charge in [0, 0.05) is 30.8 Å². The van der Waals surface area contributed by atoms with E-state index < -0.39 is 0 Å². The quantitative estimate of drug-likeness (QED) is 0.660. The lowest BCUT2D eigenvalue weighted by Crippen LogP contribution is -2.36. The smallest absolute Gasteiger partial charge is 0.224 e. The van der Waals surface area contributed by atoms with Gasteiger partial charge in [-0.25, -0.2) is 0 Å². The first-order chi connectivity index (χ1) is 5.79. The van der Waals surface area contributed by atoms with Gasteiger partial charge in [-0.15, -0.1) is 11.3 Å². The van der Waals surface area contributed by atoms with E-state index in [4.69, 9.17) is 0 Å². The van der Waals surface area contributed by atoms with Crippen LogP contribution in [0.4, 0.5) is 11.4 Å². The minimum Gasteiger partial charge on any atom is -0.381 e. The number of fused-ring (bicyclic) bond motifs is 1. The highest BCUT2D eigenvalue weighted by atomic mass is 32.1. The van der Waals surface area contributed by atoms with Crippen molar-refractivity contribution in [3.05, 3.63) is 10.8 Å². The zero-order chi connectivity index (χ0) is 8.55. The van der Waals surface area contributed by atoms with Crippen molar-refractivity contribution in [3.63, 3.8) is 0 Å². The lowest BCUT2D eigenvalue weighted by molar-refractivity contribution is -0.116. The lowest BCUT2D eigenvalue weighted by atomic mass is 10.3. The van der Waals surface area contributed by atoms with Crippen LogP contribution in [0.15, 0.2) is 10.8 Å². The second-order valence-corrected chi connectivity index (χ2v) is 3.51. The highest BCUT2D eigenvalue weighted by molar-refractivity contribution is 7.09. The molecular weight excluding hydrogens is 172 g/mol. The van der Waals surface area contributed by atoms with Gasteiger partial charge in [-0.3, -0.25) is 4.79 Å². The summed E-state index contributed by atoms with van der Waals surface area (Å²) in [5.41, 5.74) is 2.11. The molecule has 1 N–H and O–H groups in total. The van der Waals surface area contributed by atoms with E-state index in [-0.39, 0.29) is 5.91 Å². The first-order valence-electron chi connectivity index (χ1n) is 3.87. The van der Waals surface area contributed by atoms with Gasteiger partial charge in [0.25, 0.3) is 0 Å². The molecule has 0 spiro atoms. The van der Waals surface area contributed by atoms with E-state index in [1.807, 2.05) is 15.7 Å². The molecule has 2 rings (SSSR count). The van der Waals surface area contributed by atoms with Gasteiger partial charge in [0.1, 0.15) is 0 Å². The Morgan fingerprint density at radius 3 is 3.25 bits per heavy atom. The molecule has 0 fully saturated rings. The van der Waals surface area contributed by atoms with Crippen LogP contribution in [-0.2, 0) is 4.79 Å². The number of rotatable bonds is 0. The maximum absolute atomic E-state index is 11.2. The number of carbonyl (C=O) groups excluding carboxylic acids is 1. The van der Waals surface area contributed by atoms with Gasteiger partial charge < -0.3 is 10.2 Å². The molecule has 1 aromatic rings. The van der Waals surface area contributed by atoms with Crippen LogP contribution in [0.3, 0.4) is 0 Å². The van der Waals surface area contributed by atoms with Crippen LogP contribution in [0.1, 0.15) is 6.92 Å². The molecule has 0 radical (unpaired) electrons. The Bertz CT molecular complexity index is 308. The molecule has 0 saturated heterocycles. The molecule has 0 aromatic carbocycles. The largest absolute Gasteiger partial charge is 0.381 e. The van der Waals surface area contributed by atoms with Crippen LogP contribution in [0, 0.1) is 0 Å². The number of nitrogens with one attached hydrogen (secondary N) is 1. The number of hydrogen-bond acceptors (Lipinski definition) is 3. The van der Waals surface area contributed by atoms with Gasteiger partial charge in [0.15, 0.2) is 0 Å². The van der Waals surface area contributed by atoms with E-state index >= 15 is 0 Å². The summed E-state index contributed by atoms with van der Waals surface area (Å²) in [6.45, 7) is 3.23. The minimum absolute atomic E-state index is 0.121. The summed E-state index contributed by atoms with van der Waals surface area (Å²) in [6.07, 6.45) is 0. The van der Waals surface area contributed by atoms with E-state index in [1.165, 1.54) is 0 Å². The SMILES string of the molecule is CC(=O)N1CCNc2cscc21. The highest BCUT2D eigenvalue weighted by Crippen LogP contribution is 2.32. The molecular formula is C8H10N2OS. The van der Waals surface area contributed by atoms with E-state index in [0.29, 0.717) is 0 Å². The molecule has 12 heavy (non-hydrogen) atoms. The molecule has 0 atom stereocenters. The normalized spacial score (nSPS) is 15.2. The predicted molar refractivity (Wildman–Crippen MR) is 50.8 cm³/mol. The van der Waals surface area contributed by atoms with Crippen molar-refractivity contribution < 1.29 is 4.79 Å². The van der Waals surface area contributed by atoms with Gasteiger partial charge in [-0.1, -0.05) is 0 Å². The van der Waals surface area contributed by atoms with Gasteiger partial charge in [0.2, 0.25) is 5.91 Å². The summed E-state index contributed by atoms with van der Waals surface area (Å²) in [7, 11) is 0. The molecule has 1 aliphatic heterocycles. The molecule has 1 aromatic heterocycles. The number of carbonyl (C=O) groups is 1. The van der Waals surface area contributed by atoms with Crippen molar-refractivity contribution >= 4 is 28.6 Å². The number of hydrogen-bond donors (Lipinski definition) is 1. The summed E-state index contributed by atoms with van der Waals surface area (Å²) >= 11 is 1.62. The van der Waals surface area contributed by atoms with Crippen LogP contribution in [0.5, 0.6) is 0 Å². The first-order valence-corrected chi connectivity index (χ1v) is 4.81. The third-order valence-electron chi connectivity index (χ3n) is 1.96. The summed E-state index contributed by atoms with van der Waals surface area (Å²) in [5.74, 6) is 0.121. The van der Waals surface area contributed by atoms with E-state index in [0.717, 1.165) is 24.5 Å². The molecule has 2 heterocycles. The average Bonchev–Trinajstić information content (AvgIpc) is 2.49. The Labute approximate surface area is 75.0 Å². The van der Waals surface area contributed by atoms with Crippen LogP contribution in [0.2, 0.25) is 0 Å². The Morgan fingerprint density at radius 1 is 1.67 bits per heavy atom. The van der Waals surface area contributed by atoms with Crippen molar-refractivity contribution in [2.45, 2.75) is 6.92 Å². The average molecular weight is 182 g/mol. The zero-order valence-corrected chi connectivity index (χ0v) is 7.65. The maximum atomic E-state index is 11.2. The molecule has 0 aliphatic carbocycles. The summed E-state index contributed by atoms with van der Waals surface area (Å²) in [6, 6.07) is 0. The van der Waals surface area contributed by atoms with Crippen LogP contribution >= 0.6 is 11.3 Å². The molecule has 0 saturated carbocycles. The summed E-state index contributed by atoms with van der Waals surface area (Å²) < 4.78 is 0. The molecule has 3 nitrogen and oxygen atoms in total. The first kappa shape index (κ1) is 7.61. The third kappa shape index (κ3) is 1.08. The van der Waals surface area contributed by atoms with E-state index in [9.17, 15) is 4.79 Å². The van der Waals surface area contributed by atoms with Gasteiger partial charge in [-0.2, -0.15) is 0 Å². The second-order valence-electron chi connectivity index (χ2n) is 2.77. The number of anilines is 2. The van der Waals surface area contributed by atoms with Crippen LogP contribution in [-0.4, -0.2) is 19.0 Å². The Hall–Kier alpha value is -1.03. The topological polar surface area (TPSA) is 32.3 Å². The summed E-state index contributed by atoms with van der Waals surface area (Å²) in [4.78, 5) is 13.0. The van der Waals surface area contributed by atoms with Crippen LogP contribution < -0.4 is 10.2 Å². The number of nitrogens with zero attached hydrogens (tertiary/aromatic N) is 1. The molecule has 0 unspecified atom stereocenters. The van der Waals surface area contributed by atoms with Crippen molar-refractivity contribution in [1.29, 1.82) is 0 Å². The van der Waals surface area contributed by atoms with Gasteiger partial charge >= 0.3 is 0 Å². The minimum atomic E-state index is 0.121. The predicted octanol–water partition coefficient (Wildman–Crippen LogP) is 1.53. The van der Waals surface area contributed by atoms with Gasteiger partial charge in [-0.05, 0) is 0 Å². The number of thiophene rings is 1. The zero-order valence-electron chi connectivity index (χ0n) is 6.83. The second kappa shape index (κ2) is 2.79. The molecule has 4 heteroatoms. The standard InChI is InChI=1S/C8H10N2OS/c1-6(11)10-3-2-9-7-4-12-5-8(7)10/h4-5,9H,2-3H2,1H3. The summed E-state index contributed by atoms with van der Waals surface area (Å²) in [5, 5.41) is 7.28.